The van der Waals surface area contributed by atoms with Crippen LogP contribution in [0.25, 0.3) is 0 Å². The predicted octanol–water partition coefficient (Wildman–Crippen LogP) is -2.78. The van der Waals surface area contributed by atoms with Crippen molar-refractivity contribution in [1.29, 1.82) is 0 Å². The number of carbonyl (C=O) groups excluding carboxylic acids is 2. The van der Waals surface area contributed by atoms with Crippen LogP contribution in [0.2, 0.25) is 0 Å². The van der Waals surface area contributed by atoms with E-state index in [1.54, 1.807) is 0 Å². The minimum absolute atomic E-state index is 0.927. The monoisotopic (exact) mass is 414 g/mol. The lowest BCUT2D eigenvalue weighted by Crippen LogP contribution is -2.31. The molecular formula is C12H15O14P. The second-order valence-corrected chi connectivity index (χ2v) is 6.53. The number of cyclic esters (lactones) is 2. The van der Waals surface area contributed by atoms with Crippen LogP contribution in [0.5, 0.6) is 0 Å². The van der Waals surface area contributed by atoms with E-state index in [1.807, 2.05) is 0 Å². The van der Waals surface area contributed by atoms with Gasteiger partial charge in [-0.2, -0.15) is 0 Å². The number of hydrogen-bond donors (Lipinski definition) is 7. The van der Waals surface area contributed by atoms with Crippen molar-refractivity contribution in [3.05, 3.63) is 23.0 Å². The molecule has 0 saturated carbocycles. The highest BCUT2D eigenvalue weighted by atomic mass is 31.2. The molecule has 14 nitrogen and oxygen atoms in total. The van der Waals surface area contributed by atoms with E-state index in [-0.39, 0.29) is 0 Å². The summed E-state index contributed by atoms with van der Waals surface area (Å²) in [5.74, 6) is -7.69. The summed E-state index contributed by atoms with van der Waals surface area (Å²) < 4.78 is 29.5. The van der Waals surface area contributed by atoms with Crippen LogP contribution in [-0.4, -0.2) is 85.1 Å². The number of ether oxygens (including phenoxy) is 2. The maximum Gasteiger partial charge on any atom is 0.585 e. The van der Waals surface area contributed by atoms with Gasteiger partial charge in [-0.3, -0.25) is 4.89 Å². The molecule has 2 unspecified atom stereocenters. The Kier molecular flexibility index (Phi) is 5.99. The van der Waals surface area contributed by atoms with Crippen molar-refractivity contribution >= 4 is 19.8 Å². The molecule has 4 atom stereocenters. The summed E-state index contributed by atoms with van der Waals surface area (Å²) in [7, 11) is -5.40. The molecule has 152 valence electrons. The lowest BCUT2D eigenvalue weighted by Gasteiger charge is -2.14. The lowest BCUT2D eigenvalue weighted by molar-refractivity contribution is -0.147. The minimum atomic E-state index is -5.40. The van der Waals surface area contributed by atoms with Gasteiger partial charge in [-0.25, -0.2) is 14.2 Å². The molecule has 0 spiro atoms. The van der Waals surface area contributed by atoms with Crippen LogP contribution >= 0.6 is 7.82 Å². The highest BCUT2D eigenvalue weighted by Crippen LogP contribution is 2.50. The molecule has 0 saturated heterocycles. The van der Waals surface area contributed by atoms with Crippen molar-refractivity contribution in [3.63, 3.8) is 0 Å². The Morgan fingerprint density at radius 1 is 0.889 bits per heavy atom. The summed E-state index contributed by atoms with van der Waals surface area (Å²) in [6, 6.07) is 0. The van der Waals surface area contributed by atoms with Crippen LogP contribution in [0.3, 0.4) is 0 Å². The first-order chi connectivity index (χ1) is 12.5. The molecule has 0 bridgehead atoms. The molecule has 0 amide bonds. The summed E-state index contributed by atoms with van der Waals surface area (Å²) in [6.07, 6.45) is -7.06. The van der Waals surface area contributed by atoms with E-state index in [4.69, 9.17) is 10.2 Å². The van der Waals surface area contributed by atoms with E-state index >= 15 is 0 Å². The van der Waals surface area contributed by atoms with Crippen molar-refractivity contribution in [3.8, 4) is 0 Å². The first-order valence-corrected chi connectivity index (χ1v) is 8.60. The van der Waals surface area contributed by atoms with Crippen LogP contribution in [0.4, 0.5) is 0 Å². The Labute approximate surface area is 149 Å². The smallest absolute Gasteiger partial charge is 0.505 e. The van der Waals surface area contributed by atoms with E-state index < -0.39 is 80.4 Å². The number of phosphoric acid groups is 1. The molecule has 0 aromatic rings. The highest BCUT2D eigenvalue weighted by Gasteiger charge is 2.47. The van der Waals surface area contributed by atoms with Crippen molar-refractivity contribution in [1.82, 2.24) is 0 Å². The maximum atomic E-state index is 12.0. The third-order valence-corrected chi connectivity index (χ3v) is 4.16. The number of hydrogen-bond acceptors (Lipinski definition) is 13. The first kappa shape index (κ1) is 21.0. The fraction of sp³-hybridized carbons (Fsp3) is 0.500. The van der Waals surface area contributed by atoms with Crippen LogP contribution in [-0.2, 0) is 32.7 Å². The molecule has 27 heavy (non-hydrogen) atoms. The minimum Gasteiger partial charge on any atom is -0.505 e. The molecule has 2 heterocycles. The zero-order valence-electron chi connectivity index (χ0n) is 13.2. The van der Waals surface area contributed by atoms with Gasteiger partial charge in [-0.15, -0.1) is 0 Å². The van der Waals surface area contributed by atoms with Gasteiger partial charge in [0, 0.05) is 0 Å². The molecule has 15 heteroatoms. The zero-order valence-corrected chi connectivity index (χ0v) is 14.1. The number of rotatable bonds is 8. The van der Waals surface area contributed by atoms with Crippen molar-refractivity contribution in [2.45, 2.75) is 24.4 Å². The molecular weight excluding hydrogens is 399 g/mol. The Morgan fingerprint density at radius 3 is 1.52 bits per heavy atom. The van der Waals surface area contributed by atoms with Gasteiger partial charge in [-0.1, -0.05) is 0 Å². The molecule has 0 fully saturated rings. The molecule has 7 N–H and O–H groups in total. The summed E-state index contributed by atoms with van der Waals surface area (Å²) >= 11 is 0. The summed E-state index contributed by atoms with van der Waals surface area (Å²) in [4.78, 5) is 32.8. The molecule has 0 aromatic carbocycles. The fourth-order valence-corrected chi connectivity index (χ4v) is 2.88. The normalized spacial score (nSPS) is 27.1. The number of aliphatic hydroxyl groups excluding tert-OH is 6. The van der Waals surface area contributed by atoms with Gasteiger partial charge < -0.3 is 49.2 Å². The third-order valence-electron chi connectivity index (χ3n) is 3.33. The number of phosphoric ester groups is 1. The summed E-state index contributed by atoms with van der Waals surface area (Å²) in [5.41, 5.74) is 0. The molecule has 2 aliphatic heterocycles. The maximum absolute atomic E-state index is 12.0. The topological polar surface area (TPSA) is 230 Å². The lowest BCUT2D eigenvalue weighted by atomic mass is 10.2. The second kappa shape index (κ2) is 7.72. The zero-order chi connectivity index (χ0) is 20.5. The molecule has 0 aliphatic carbocycles. The third kappa shape index (κ3) is 4.16. The van der Waals surface area contributed by atoms with Crippen LogP contribution in [0, 0.1) is 0 Å². The Bertz CT molecular complexity index is 682. The van der Waals surface area contributed by atoms with Crippen molar-refractivity contribution in [2.75, 3.05) is 13.2 Å². The van der Waals surface area contributed by atoms with Crippen molar-refractivity contribution in [2.24, 2.45) is 0 Å². The summed E-state index contributed by atoms with van der Waals surface area (Å²) in [6.45, 7) is -1.85. The van der Waals surface area contributed by atoms with Gasteiger partial charge in [0.1, 0.15) is 12.2 Å². The second-order valence-electron chi connectivity index (χ2n) is 5.23. The predicted molar refractivity (Wildman–Crippen MR) is 77.3 cm³/mol. The quantitative estimate of drug-likeness (QED) is 0.157. The van der Waals surface area contributed by atoms with E-state index in [2.05, 4.69) is 18.5 Å². The summed E-state index contributed by atoms with van der Waals surface area (Å²) in [5, 5.41) is 55.8. The number of aliphatic hydroxyl groups is 6. The first-order valence-electron chi connectivity index (χ1n) is 7.10. The van der Waals surface area contributed by atoms with Crippen molar-refractivity contribution < 1.29 is 68.2 Å². The van der Waals surface area contributed by atoms with Crippen LogP contribution < -0.4 is 0 Å². The van der Waals surface area contributed by atoms with Gasteiger partial charge in [0.25, 0.3) is 11.5 Å². The van der Waals surface area contributed by atoms with Crippen LogP contribution in [0.1, 0.15) is 0 Å². The SMILES string of the molecule is O=C1OC([C@@H](O)CO)C(O)=C1OP(=O)(O)OC1=C(O)C([C@@H](O)CO)OC1=O. The van der Waals surface area contributed by atoms with Gasteiger partial charge in [0.15, 0.2) is 23.7 Å². The van der Waals surface area contributed by atoms with Gasteiger partial charge in [-0.05, 0) is 0 Å². The highest BCUT2D eigenvalue weighted by molar-refractivity contribution is 7.47. The van der Waals surface area contributed by atoms with E-state index in [0.29, 0.717) is 0 Å². The largest absolute Gasteiger partial charge is 0.585 e. The number of esters is 2. The van der Waals surface area contributed by atoms with Crippen LogP contribution in [0.15, 0.2) is 23.0 Å². The fourth-order valence-electron chi connectivity index (χ4n) is 2.05. The average Bonchev–Trinajstić information content (AvgIpc) is 3.04. The molecule has 2 rings (SSSR count). The van der Waals surface area contributed by atoms with E-state index in [1.165, 1.54) is 0 Å². The number of carbonyl (C=O) groups is 2. The van der Waals surface area contributed by atoms with E-state index in [9.17, 15) is 39.5 Å². The standard InChI is InChI=1S/C12H15O14P/c13-1-3(15)7-5(17)9(11(19)23-7)25-27(21,22)26-10-6(18)8(4(16)2-14)24-12(10)20/h3-4,7-8,13-18H,1-2H2,(H,21,22)/t3-,4-,7?,8?/m0/s1. The average molecular weight is 414 g/mol. The van der Waals surface area contributed by atoms with E-state index in [0.717, 1.165) is 0 Å². The molecule has 0 aromatic heterocycles. The van der Waals surface area contributed by atoms with Gasteiger partial charge >= 0.3 is 19.8 Å². The van der Waals surface area contributed by atoms with Gasteiger partial charge in [0.2, 0.25) is 0 Å². The molecule has 0 radical (unpaired) electrons. The molecule has 2 aliphatic rings. The van der Waals surface area contributed by atoms with Gasteiger partial charge in [0.05, 0.1) is 13.2 Å². The Balaban J connectivity index is 2.21. The Hall–Kier alpha value is -2.35. The Morgan fingerprint density at radius 2 is 1.22 bits per heavy atom.